The summed E-state index contributed by atoms with van der Waals surface area (Å²) in [5.41, 5.74) is 1.97. The molecule has 1 aliphatic rings. The largest absolute Gasteiger partial charge is 0.548 e. The fourth-order valence-corrected chi connectivity index (χ4v) is 3.08. The van der Waals surface area contributed by atoms with Crippen LogP contribution in [0.15, 0.2) is 29.2 Å². The summed E-state index contributed by atoms with van der Waals surface area (Å²) in [5.74, 6) is -2.38. The van der Waals surface area contributed by atoms with Gasteiger partial charge in [0.15, 0.2) is 0 Å². The molecular formula is C15H13N2O4S2-. The second-order valence-electron chi connectivity index (χ2n) is 4.83. The van der Waals surface area contributed by atoms with Crippen molar-refractivity contribution in [2.75, 3.05) is 13.1 Å². The first-order valence-corrected chi connectivity index (χ1v) is 7.88. The van der Waals surface area contributed by atoms with E-state index in [4.69, 9.17) is 12.2 Å². The lowest BCUT2D eigenvalue weighted by molar-refractivity contribution is -0.304. The van der Waals surface area contributed by atoms with Crippen LogP contribution in [0, 0.1) is 6.92 Å². The van der Waals surface area contributed by atoms with Crippen LogP contribution in [0.2, 0.25) is 0 Å². The zero-order valence-corrected chi connectivity index (χ0v) is 13.8. The van der Waals surface area contributed by atoms with E-state index in [2.05, 4.69) is 5.32 Å². The Morgan fingerprint density at radius 1 is 1.35 bits per heavy atom. The minimum Gasteiger partial charge on any atom is -0.548 e. The molecule has 120 valence electrons. The molecule has 8 heteroatoms. The highest BCUT2D eigenvalue weighted by Gasteiger charge is 2.33. The topological polar surface area (TPSA) is 89.5 Å². The standard InChI is InChI=1S/C15H14N2O4S2/c1-9-2-4-10(5-3-9)6-11-14(21)17(15(22)23-11)8-12(18)16-7-13(19)20/h2-6H,7-8H2,1H3,(H,16,18)(H,19,20)/p-1/b11-6+. The van der Waals surface area contributed by atoms with E-state index < -0.39 is 18.4 Å². The first-order chi connectivity index (χ1) is 10.9. The molecule has 1 fully saturated rings. The fourth-order valence-electron chi connectivity index (χ4n) is 1.82. The highest BCUT2D eigenvalue weighted by molar-refractivity contribution is 8.26. The van der Waals surface area contributed by atoms with Crippen molar-refractivity contribution in [3.05, 3.63) is 40.3 Å². The summed E-state index contributed by atoms with van der Waals surface area (Å²) in [6.45, 7) is 1.05. The number of amides is 2. The summed E-state index contributed by atoms with van der Waals surface area (Å²) in [5, 5.41) is 12.4. The van der Waals surface area contributed by atoms with Crippen LogP contribution in [-0.4, -0.2) is 40.1 Å². The average Bonchev–Trinajstić information content (AvgIpc) is 2.75. The van der Waals surface area contributed by atoms with E-state index in [-0.39, 0.29) is 16.8 Å². The maximum absolute atomic E-state index is 12.3. The van der Waals surface area contributed by atoms with E-state index in [0.29, 0.717) is 4.91 Å². The summed E-state index contributed by atoms with van der Waals surface area (Å²) in [4.78, 5) is 35.8. The van der Waals surface area contributed by atoms with Crippen molar-refractivity contribution < 1.29 is 19.5 Å². The first-order valence-electron chi connectivity index (χ1n) is 6.65. The molecule has 0 atom stereocenters. The number of hydrogen-bond acceptors (Lipinski definition) is 6. The Morgan fingerprint density at radius 2 is 2.00 bits per heavy atom. The van der Waals surface area contributed by atoms with Crippen LogP contribution in [0.3, 0.4) is 0 Å². The van der Waals surface area contributed by atoms with Gasteiger partial charge in [-0.3, -0.25) is 14.5 Å². The van der Waals surface area contributed by atoms with Crippen LogP contribution in [-0.2, 0) is 14.4 Å². The van der Waals surface area contributed by atoms with Gasteiger partial charge in [-0.1, -0.05) is 53.8 Å². The van der Waals surface area contributed by atoms with Gasteiger partial charge in [-0.2, -0.15) is 0 Å². The molecule has 1 aliphatic heterocycles. The summed E-state index contributed by atoms with van der Waals surface area (Å²) in [7, 11) is 0. The van der Waals surface area contributed by atoms with Gasteiger partial charge in [-0.05, 0) is 18.6 Å². The van der Waals surface area contributed by atoms with E-state index >= 15 is 0 Å². The number of thiocarbonyl (C=S) groups is 1. The van der Waals surface area contributed by atoms with E-state index in [1.54, 1.807) is 6.08 Å². The van der Waals surface area contributed by atoms with Crippen LogP contribution < -0.4 is 10.4 Å². The molecule has 0 saturated carbocycles. The van der Waals surface area contributed by atoms with Crippen molar-refractivity contribution in [1.82, 2.24) is 10.2 Å². The van der Waals surface area contributed by atoms with Gasteiger partial charge in [0.05, 0.1) is 17.4 Å². The monoisotopic (exact) mass is 349 g/mol. The van der Waals surface area contributed by atoms with Crippen LogP contribution >= 0.6 is 24.0 Å². The van der Waals surface area contributed by atoms with Gasteiger partial charge in [-0.25, -0.2) is 0 Å². The van der Waals surface area contributed by atoms with Gasteiger partial charge in [0.1, 0.15) is 10.9 Å². The predicted octanol–water partition coefficient (Wildman–Crippen LogP) is 0.0623. The van der Waals surface area contributed by atoms with Crippen molar-refractivity contribution in [3.8, 4) is 0 Å². The number of carbonyl (C=O) groups is 3. The molecule has 1 aromatic carbocycles. The summed E-state index contributed by atoms with van der Waals surface area (Å²) in [6.07, 6.45) is 1.71. The normalized spacial score (nSPS) is 16.0. The third-order valence-corrected chi connectivity index (χ3v) is 4.36. The zero-order valence-electron chi connectivity index (χ0n) is 12.2. The smallest absolute Gasteiger partial charge is 0.266 e. The Kier molecular flexibility index (Phi) is 5.51. The maximum atomic E-state index is 12.3. The molecule has 2 amide bonds. The molecule has 0 aliphatic carbocycles. The lowest BCUT2D eigenvalue weighted by Crippen LogP contribution is -2.43. The predicted molar refractivity (Wildman–Crippen MR) is 89.1 cm³/mol. The van der Waals surface area contributed by atoms with E-state index in [0.717, 1.165) is 27.8 Å². The Bertz CT molecular complexity index is 698. The van der Waals surface area contributed by atoms with Gasteiger partial charge in [0, 0.05) is 0 Å². The number of hydrogen-bond donors (Lipinski definition) is 1. The summed E-state index contributed by atoms with van der Waals surface area (Å²) >= 11 is 6.21. The van der Waals surface area contributed by atoms with Gasteiger partial charge in [0.2, 0.25) is 5.91 Å². The molecular weight excluding hydrogens is 336 g/mol. The number of nitrogens with one attached hydrogen (secondary N) is 1. The summed E-state index contributed by atoms with van der Waals surface area (Å²) in [6, 6.07) is 7.63. The summed E-state index contributed by atoms with van der Waals surface area (Å²) < 4.78 is 0.261. The number of aryl methyl sites for hydroxylation is 1. The molecule has 6 nitrogen and oxygen atoms in total. The van der Waals surface area contributed by atoms with E-state index in [9.17, 15) is 19.5 Å². The molecule has 1 saturated heterocycles. The molecule has 0 aromatic heterocycles. The van der Waals surface area contributed by atoms with Crippen LogP contribution in [0.1, 0.15) is 11.1 Å². The molecule has 1 N–H and O–H groups in total. The van der Waals surface area contributed by atoms with E-state index in [1.165, 1.54) is 0 Å². The van der Waals surface area contributed by atoms with Crippen molar-refractivity contribution in [3.63, 3.8) is 0 Å². The molecule has 0 radical (unpaired) electrons. The molecule has 0 bridgehead atoms. The molecule has 0 spiro atoms. The second-order valence-corrected chi connectivity index (χ2v) is 6.50. The quantitative estimate of drug-likeness (QED) is 0.597. The Morgan fingerprint density at radius 3 is 2.61 bits per heavy atom. The van der Waals surface area contributed by atoms with Gasteiger partial charge < -0.3 is 15.2 Å². The number of carboxylic acid groups (broad SMARTS) is 1. The molecule has 0 unspecified atom stereocenters. The van der Waals surface area contributed by atoms with Crippen molar-refractivity contribution in [2.24, 2.45) is 0 Å². The lowest BCUT2D eigenvalue weighted by atomic mass is 10.1. The number of rotatable bonds is 5. The SMILES string of the molecule is Cc1ccc(/C=C2/SC(=S)N(CC(=O)NCC(=O)[O-])C2=O)cc1. The number of carboxylic acids is 1. The third-order valence-electron chi connectivity index (χ3n) is 2.98. The molecule has 2 rings (SSSR count). The van der Waals surface area contributed by atoms with Crippen molar-refractivity contribution >= 4 is 52.2 Å². The van der Waals surface area contributed by atoms with Crippen LogP contribution in [0.4, 0.5) is 0 Å². The van der Waals surface area contributed by atoms with Crippen LogP contribution in [0.5, 0.6) is 0 Å². The van der Waals surface area contributed by atoms with Gasteiger partial charge in [-0.15, -0.1) is 0 Å². The number of benzene rings is 1. The van der Waals surface area contributed by atoms with Crippen molar-refractivity contribution in [1.29, 1.82) is 0 Å². The molecule has 23 heavy (non-hydrogen) atoms. The Labute approximate surface area is 142 Å². The highest BCUT2D eigenvalue weighted by Crippen LogP contribution is 2.32. The number of nitrogens with zero attached hydrogens (tertiary/aromatic N) is 1. The van der Waals surface area contributed by atoms with Crippen molar-refractivity contribution in [2.45, 2.75) is 6.92 Å². The highest BCUT2D eigenvalue weighted by atomic mass is 32.2. The Balaban J connectivity index is 2.06. The first kappa shape index (κ1) is 17.2. The van der Waals surface area contributed by atoms with Gasteiger partial charge >= 0.3 is 0 Å². The third kappa shape index (κ3) is 4.64. The maximum Gasteiger partial charge on any atom is 0.266 e. The minimum absolute atomic E-state index is 0.261. The zero-order chi connectivity index (χ0) is 17.0. The fraction of sp³-hybridized carbons (Fsp3) is 0.200. The Hall–Kier alpha value is -2.19. The lowest BCUT2D eigenvalue weighted by Gasteiger charge is -2.14. The minimum atomic E-state index is -1.40. The average molecular weight is 349 g/mol. The number of aliphatic carboxylic acids is 1. The number of thioether (sulfide) groups is 1. The molecule has 1 heterocycles. The molecule has 1 aromatic rings. The second kappa shape index (κ2) is 7.38. The van der Waals surface area contributed by atoms with Gasteiger partial charge in [0.25, 0.3) is 5.91 Å². The van der Waals surface area contributed by atoms with Crippen LogP contribution in [0.25, 0.3) is 6.08 Å². The van der Waals surface area contributed by atoms with E-state index in [1.807, 2.05) is 31.2 Å². The number of carbonyl (C=O) groups excluding carboxylic acids is 3.